The predicted molar refractivity (Wildman–Crippen MR) is 327 cm³/mol. The Morgan fingerprint density at radius 2 is 0.824 bits per heavy atom. The number of allylic oxidation sites excluding steroid dienone is 15. The zero-order chi connectivity index (χ0) is 61.9. The molecule has 85 heavy (non-hydrogen) atoms. The fourth-order valence-corrected chi connectivity index (χ4v) is 10.1. The SMILES string of the molecule is CC/C=C\C/C=C\C/C=C\C/C=C\C/C=C\C/C=C\CCCCCCCCCCCCCCC(=O)NC(COC1OC(CO)C(OC2OC(CO)C(OC3OC(CO)C(O)C(O)C3O)C(O)C2O)C(O)C1O)C(O)/C=C/CC/C=C/CCCCC. The van der Waals surface area contributed by atoms with E-state index in [2.05, 4.69) is 104 Å². The number of unbranched alkanes of at least 4 members (excludes halogenated alkanes) is 16. The van der Waals surface area contributed by atoms with Crippen LogP contribution in [0.5, 0.6) is 0 Å². The molecule has 19 nitrogen and oxygen atoms in total. The van der Waals surface area contributed by atoms with E-state index in [1.54, 1.807) is 6.08 Å². The van der Waals surface area contributed by atoms with E-state index < -0.39 is 124 Å². The van der Waals surface area contributed by atoms with Crippen molar-refractivity contribution < 1.29 is 89.4 Å². The number of nitrogens with one attached hydrogen (secondary N) is 1. The first-order chi connectivity index (χ1) is 41.3. The Morgan fingerprint density at radius 1 is 0.435 bits per heavy atom. The molecule has 3 rings (SSSR count). The molecule has 17 atom stereocenters. The van der Waals surface area contributed by atoms with Gasteiger partial charge in [-0.3, -0.25) is 4.79 Å². The van der Waals surface area contributed by atoms with Crippen LogP contribution in [0.1, 0.15) is 181 Å². The van der Waals surface area contributed by atoms with Gasteiger partial charge in [0.2, 0.25) is 5.91 Å². The molecule has 19 heteroatoms. The molecule has 0 aromatic rings. The van der Waals surface area contributed by atoms with E-state index in [4.69, 9.17) is 28.4 Å². The molecule has 0 saturated carbocycles. The van der Waals surface area contributed by atoms with E-state index in [0.29, 0.717) is 12.8 Å². The van der Waals surface area contributed by atoms with Crippen LogP contribution in [0.3, 0.4) is 0 Å². The Labute approximate surface area is 507 Å². The van der Waals surface area contributed by atoms with Crippen LogP contribution in [0.25, 0.3) is 0 Å². The van der Waals surface area contributed by atoms with Crippen molar-refractivity contribution in [2.75, 3.05) is 26.4 Å². The highest BCUT2D eigenvalue weighted by molar-refractivity contribution is 5.76. The van der Waals surface area contributed by atoms with Gasteiger partial charge in [-0.25, -0.2) is 0 Å². The minimum Gasteiger partial charge on any atom is -0.394 e. The molecule has 3 heterocycles. The first-order valence-electron chi connectivity index (χ1n) is 32.0. The molecule has 0 spiro atoms. The normalized spacial score (nSPS) is 29.6. The number of aliphatic hydroxyl groups is 11. The number of amides is 1. The van der Waals surface area contributed by atoms with Crippen LogP contribution in [-0.4, -0.2) is 193 Å². The van der Waals surface area contributed by atoms with Crippen LogP contribution in [0, 0.1) is 0 Å². The largest absolute Gasteiger partial charge is 0.394 e. The van der Waals surface area contributed by atoms with Gasteiger partial charge >= 0.3 is 0 Å². The quantitative estimate of drug-likeness (QED) is 0.0217. The molecule has 0 aromatic heterocycles. The van der Waals surface area contributed by atoms with Crippen LogP contribution in [0.4, 0.5) is 0 Å². The summed E-state index contributed by atoms with van der Waals surface area (Å²) in [4.78, 5) is 13.3. The maximum atomic E-state index is 13.3. The molecule has 488 valence electrons. The van der Waals surface area contributed by atoms with Gasteiger partial charge in [-0.05, 0) is 83.5 Å². The summed E-state index contributed by atoms with van der Waals surface area (Å²) in [5, 5.41) is 120. The van der Waals surface area contributed by atoms with Gasteiger partial charge in [0.1, 0.15) is 73.2 Å². The second-order valence-corrected chi connectivity index (χ2v) is 22.5. The van der Waals surface area contributed by atoms with Crippen molar-refractivity contribution in [2.24, 2.45) is 0 Å². The predicted octanol–water partition coefficient (Wildman–Crippen LogP) is 6.93. The Morgan fingerprint density at radius 3 is 1.32 bits per heavy atom. The van der Waals surface area contributed by atoms with Crippen molar-refractivity contribution >= 4 is 5.91 Å². The number of rotatable bonds is 46. The molecular weight excluding hydrogens is 1090 g/mol. The van der Waals surface area contributed by atoms with Gasteiger partial charge in [0.05, 0.1) is 38.6 Å². The topological polar surface area (TPSA) is 307 Å². The number of ether oxygens (including phenoxy) is 6. The highest BCUT2D eigenvalue weighted by atomic mass is 16.8. The van der Waals surface area contributed by atoms with Gasteiger partial charge in [0, 0.05) is 6.42 Å². The zero-order valence-electron chi connectivity index (χ0n) is 51.0. The van der Waals surface area contributed by atoms with Gasteiger partial charge < -0.3 is 89.9 Å². The summed E-state index contributed by atoms with van der Waals surface area (Å²) >= 11 is 0. The summed E-state index contributed by atoms with van der Waals surface area (Å²) in [6.07, 6.45) is 34.2. The molecule has 0 aromatic carbocycles. The number of aliphatic hydroxyl groups excluding tert-OH is 11. The van der Waals surface area contributed by atoms with Crippen molar-refractivity contribution in [1.82, 2.24) is 5.32 Å². The maximum absolute atomic E-state index is 13.3. The monoisotopic (exact) mass is 1210 g/mol. The Bertz CT molecular complexity index is 1920. The molecule has 0 radical (unpaired) electrons. The molecule has 0 bridgehead atoms. The first-order valence-corrected chi connectivity index (χ1v) is 32.0. The number of hydrogen-bond acceptors (Lipinski definition) is 18. The maximum Gasteiger partial charge on any atom is 0.220 e. The third-order valence-electron chi connectivity index (χ3n) is 15.4. The third-order valence-corrected chi connectivity index (χ3v) is 15.4. The summed E-state index contributed by atoms with van der Waals surface area (Å²) in [5.74, 6) is -0.296. The van der Waals surface area contributed by atoms with Crippen molar-refractivity contribution in [1.29, 1.82) is 0 Å². The molecule has 3 saturated heterocycles. The van der Waals surface area contributed by atoms with Crippen LogP contribution >= 0.6 is 0 Å². The lowest BCUT2D eigenvalue weighted by atomic mass is 9.96. The molecule has 0 aliphatic carbocycles. The minimum atomic E-state index is -1.98. The average Bonchev–Trinajstić information content (AvgIpc) is 2.29. The number of carbonyl (C=O) groups is 1. The second kappa shape index (κ2) is 47.7. The summed E-state index contributed by atoms with van der Waals surface area (Å²) in [6, 6.07) is -0.994. The van der Waals surface area contributed by atoms with E-state index in [1.165, 1.54) is 51.4 Å². The van der Waals surface area contributed by atoms with E-state index in [-0.39, 0.29) is 18.9 Å². The van der Waals surface area contributed by atoms with Gasteiger partial charge in [-0.1, -0.05) is 188 Å². The molecule has 3 fully saturated rings. The first kappa shape index (κ1) is 76.0. The van der Waals surface area contributed by atoms with Gasteiger partial charge in [-0.2, -0.15) is 0 Å². The summed E-state index contributed by atoms with van der Waals surface area (Å²) in [5.41, 5.74) is 0. The molecule has 12 N–H and O–H groups in total. The highest BCUT2D eigenvalue weighted by Crippen LogP contribution is 2.33. The second-order valence-electron chi connectivity index (χ2n) is 22.5. The Kier molecular flexibility index (Phi) is 42.6. The van der Waals surface area contributed by atoms with Crippen molar-refractivity contribution in [3.8, 4) is 0 Å². The lowest BCUT2D eigenvalue weighted by Gasteiger charge is -2.48. The smallest absolute Gasteiger partial charge is 0.220 e. The van der Waals surface area contributed by atoms with Crippen LogP contribution in [0.2, 0.25) is 0 Å². The van der Waals surface area contributed by atoms with E-state index >= 15 is 0 Å². The number of hydrogen-bond donors (Lipinski definition) is 12. The summed E-state index contributed by atoms with van der Waals surface area (Å²) in [6.45, 7) is 1.50. The molecule has 3 aliphatic heterocycles. The van der Waals surface area contributed by atoms with Crippen molar-refractivity contribution in [3.63, 3.8) is 0 Å². The molecule has 17 unspecified atom stereocenters. The van der Waals surface area contributed by atoms with E-state index in [0.717, 1.165) is 96.3 Å². The lowest BCUT2D eigenvalue weighted by molar-refractivity contribution is -0.379. The van der Waals surface area contributed by atoms with Crippen LogP contribution in [-0.2, 0) is 33.2 Å². The molecular formula is C66H111NO18. The lowest BCUT2D eigenvalue weighted by Crippen LogP contribution is -2.66. The van der Waals surface area contributed by atoms with Crippen molar-refractivity contribution in [3.05, 3.63) is 97.2 Å². The Balaban J connectivity index is 1.37. The summed E-state index contributed by atoms with van der Waals surface area (Å²) < 4.78 is 34.2. The van der Waals surface area contributed by atoms with E-state index in [1.807, 2.05) is 6.08 Å². The standard InChI is InChI=1S/C66H111NO18/c1-3-5-7-9-11-13-14-15-16-17-18-19-20-21-22-23-24-25-26-27-28-29-30-31-32-33-34-36-38-40-42-44-54(72)67-49(50(71)43-41-39-37-35-12-10-8-6-4-2)48-80-64-60(78)57(75)62(52(46-69)82-64)85-66-61(79)58(76)63(53(47-70)83-66)84-65-59(77)56(74)55(73)51(45-68)81-65/h5,7,11-13,15-16,18-19,21-22,24-25,35,41,43,49-53,55-66,68-71,73-79H,3-4,6,8-10,14,17,20,23,26-34,36-40,42,44-48H2,1-2H3,(H,67,72)/b7-5-,13-11-,16-15-,19-18-,22-21-,25-24-,35-12+,43-41+. The Hall–Kier alpha value is -3.29. The molecule has 3 aliphatic rings. The molecule has 1 amide bonds. The summed E-state index contributed by atoms with van der Waals surface area (Å²) in [7, 11) is 0. The average molecular weight is 1210 g/mol. The third kappa shape index (κ3) is 30.7. The van der Waals surface area contributed by atoms with Crippen LogP contribution < -0.4 is 5.32 Å². The zero-order valence-corrected chi connectivity index (χ0v) is 51.0. The number of carbonyl (C=O) groups excluding carboxylic acids is 1. The fraction of sp³-hybridized carbons (Fsp3) is 0.742. The van der Waals surface area contributed by atoms with Gasteiger partial charge in [0.15, 0.2) is 18.9 Å². The van der Waals surface area contributed by atoms with Crippen LogP contribution in [0.15, 0.2) is 97.2 Å². The van der Waals surface area contributed by atoms with Crippen molar-refractivity contribution in [2.45, 2.75) is 285 Å². The van der Waals surface area contributed by atoms with Gasteiger partial charge in [0.25, 0.3) is 0 Å². The fourth-order valence-electron chi connectivity index (χ4n) is 10.1. The minimum absolute atomic E-state index is 0.226. The van der Waals surface area contributed by atoms with E-state index in [9.17, 15) is 61.0 Å². The van der Waals surface area contributed by atoms with Gasteiger partial charge in [-0.15, -0.1) is 0 Å². The highest BCUT2D eigenvalue weighted by Gasteiger charge is 2.53.